The van der Waals surface area contributed by atoms with Gasteiger partial charge in [-0.3, -0.25) is 9.59 Å². The smallest absolute Gasteiger partial charge is 0.274 e. The van der Waals surface area contributed by atoms with Crippen LogP contribution in [0.25, 0.3) is 10.8 Å². The van der Waals surface area contributed by atoms with Crippen molar-refractivity contribution in [2.75, 3.05) is 0 Å². The normalized spacial score (nSPS) is 15.9. The Labute approximate surface area is 123 Å². The molecule has 1 aliphatic rings. The van der Waals surface area contributed by atoms with E-state index in [2.05, 4.69) is 10.4 Å². The number of aromatic nitrogens is 2. The first-order valence-electron chi connectivity index (χ1n) is 7.42. The first kappa shape index (κ1) is 13.8. The quantitative estimate of drug-likeness (QED) is 0.933. The van der Waals surface area contributed by atoms with E-state index < -0.39 is 0 Å². The van der Waals surface area contributed by atoms with Crippen molar-refractivity contribution in [3.63, 3.8) is 0 Å². The van der Waals surface area contributed by atoms with Gasteiger partial charge >= 0.3 is 0 Å². The number of rotatable bonds is 4. The van der Waals surface area contributed by atoms with Gasteiger partial charge in [-0.15, -0.1) is 0 Å². The molecule has 1 saturated carbocycles. The van der Waals surface area contributed by atoms with Crippen LogP contribution in [0.5, 0.6) is 0 Å². The SMILES string of the molecule is CCn1nc(C(=O)NC(C)C2CC2)c2ccccc2c1=O. The third-order valence-electron chi connectivity index (χ3n) is 4.07. The maximum absolute atomic E-state index is 12.5. The molecule has 110 valence electrons. The minimum atomic E-state index is -0.201. The van der Waals surface area contributed by atoms with E-state index in [9.17, 15) is 9.59 Å². The molecular formula is C16H19N3O2. The van der Waals surface area contributed by atoms with E-state index in [1.54, 1.807) is 18.2 Å². The summed E-state index contributed by atoms with van der Waals surface area (Å²) in [6.45, 7) is 4.31. The second-order valence-corrected chi connectivity index (χ2v) is 5.61. The van der Waals surface area contributed by atoms with Gasteiger partial charge in [0.05, 0.1) is 5.39 Å². The highest BCUT2D eigenvalue weighted by atomic mass is 16.2. The van der Waals surface area contributed by atoms with Gasteiger partial charge in [0.25, 0.3) is 11.5 Å². The van der Waals surface area contributed by atoms with Gasteiger partial charge in [0.15, 0.2) is 5.69 Å². The zero-order valence-electron chi connectivity index (χ0n) is 12.3. The summed E-state index contributed by atoms with van der Waals surface area (Å²) in [5.41, 5.74) is 0.180. The van der Waals surface area contributed by atoms with Crippen molar-refractivity contribution >= 4 is 16.7 Å². The molecule has 5 heteroatoms. The molecule has 1 atom stereocenters. The van der Waals surface area contributed by atoms with Gasteiger partial charge in [0, 0.05) is 18.0 Å². The van der Waals surface area contributed by atoms with Crippen LogP contribution in [0.3, 0.4) is 0 Å². The standard InChI is InChI=1S/C16H19N3O2/c1-3-19-16(21)13-7-5-4-6-12(13)14(18-19)15(20)17-10(2)11-8-9-11/h4-7,10-11H,3,8-9H2,1-2H3,(H,17,20). The summed E-state index contributed by atoms with van der Waals surface area (Å²) in [6.07, 6.45) is 2.34. The average molecular weight is 285 g/mol. The summed E-state index contributed by atoms with van der Waals surface area (Å²) in [5, 5.41) is 8.41. The molecular weight excluding hydrogens is 266 g/mol. The lowest BCUT2D eigenvalue weighted by Crippen LogP contribution is -2.36. The lowest BCUT2D eigenvalue weighted by Gasteiger charge is -2.14. The molecule has 0 spiro atoms. The molecule has 1 aromatic carbocycles. The fourth-order valence-corrected chi connectivity index (χ4v) is 2.61. The molecule has 1 aromatic heterocycles. The second-order valence-electron chi connectivity index (χ2n) is 5.61. The first-order chi connectivity index (χ1) is 10.1. The lowest BCUT2D eigenvalue weighted by atomic mass is 10.1. The van der Waals surface area contributed by atoms with Gasteiger partial charge in [0.2, 0.25) is 0 Å². The van der Waals surface area contributed by atoms with Crippen molar-refractivity contribution in [3.8, 4) is 0 Å². The van der Waals surface area contributed by atoms with E-state index in [0.29, 0.717) is 28.9 Å². The fourth-order valence-electron chi connectivity index (χ4n) is 2.61. The Morgan fingerprint density at radius 1 is 1.38 bits per heavy atom. The van der Waals surface area contributed by atoms with Gasteiger partial charge in [-0.2, -0.15) is 5.10 Å². The Balaban J connectivity index is 2.06. The zero-order valence-corrected chi connectivity index (χ0v) is 12.3. The highest BCUT2D eigenvalue weighted by Gasteiger charge is 2.29. The van der Waals surface area contributed by atoms with E-state index >= 15 is 0 Å². The molecule has 1 amide bonds. The molecule has 3 rings (SSSR count). The Kier molecular flexibility index (Phi) is 3.49. The number of aryl methyl sites for hydroxylation is 1. The van der Waals surface area contributed by atoms with Crippen LogP contribution in [0, 0.1) is 5.92 Å². The van der Waals surface area contributed by atoms with E-state index in [1.165, 1.54) is 17.5 Å². The molecule has 1 N–H and O–H groups in total. The van der Waals surface area contributed by atoms with Crippen LogP contribution in [-0.2, 0) is 6.54 Å². The predicted octanol–water partition coefficient (Wildman–Crippen LogP) is 1.94. The van der Waals surface area contributed by atoms with Crippen molar-refractivity contribution in [2.24, 2.45) is 5.92 Å². The van der Waals surface area contributed by atoms with E-state index in [0.717, 1.165) is 0 Å². The van der Waals surface area contributed by atoms with Gasteiger partial charge in [-0.1, -0.05) is 18.2 Å². The maximum atomic E-state index is 12.5. The Morgan fingerprint density at radius 2 is 2.05 bits per heavy atom. The van der Waals surface area contributed by atoms with Crippen molar-refractivity contribution in [1.29, 1.82) is 0 Å². The number of hydrogen-bond donors (Lipinski definition) is 1. The minimum absolute atomic E-state index is 0.153. The third-order valence-corrected chi connectivity index (χ3v) is 4.07. The van der Waals surface area contributed by atoms with Gasteiger partial charge in [-0.05, 0) is 38.7 Å². The Morgan fingerprint density at radius 3 is 2.67 bits per heavy atom. The van der Waals surface area contributed by atoms with Gasteiger partial charge in [-0.25, -0.2) is 4.68 Å². The van der Waals surface area contributed by atoms with E-state index in [-0.39, 0.29) is 17.5 Å². The summed E-state index contributed by atoms with van der Waals surface area (Å²) in [7, 11) is 0. The zero-order chi connectivity index (χ0) is 15.0. The number of carbonyl (C=O) groups excluding carboxylic acids is 1. The van der Waals surface area contributed by atoms with Gasteiger partial charge < -0.3 is 5.32 Å². The van der Waals surface area contributed by atoms with Crippen LogP contribution in [0.2, 0.25) is 0 Å². The molecule has 0 radical (unpaired) electrons. The summed E-state index contributed by atoms with van der Waals surface area (Å²) < 4.78 is 1.35. The highest BCUT2D eigenvalue weighted by molar-refractivity contribution is 6.04. The number of benzene rings is 1. The van der Waals surface area contributed by atoms with E-state index in [4.69, 9.17) is 0 Å². The number of hydrogen-bond acceptors (Lipinski definition) is 3. The fraction of sp³-hybridized carbons (Fsp3) is 0.438. The Bertz CT molecular complexity index is 747. The highest BCUT2D eigenvalue weighted by Crippen LogP contribution is 2.32. The molecule has 0 bridgehead atoms. The van der Waals surface area contributed by atoms with E-state index in [1.807, 2.05) is 19.9 Å². The largest absolute Gasteiger partial charge is 0.348 e. The number of carbonyl (C=O) groups is 1. The molecule has 0 aliphatic heterocycles. The van der Waals surface area contributed by atoms with Crippen LogP contribution in [-0.4, -0.2) is 21.7 Å². The minimum Gasteiger partial charge on any atom is -0.348 e. The van der Waals surface area contributed by atoms with Crippen LogP contribution in [0.15, 0.2) is 29.1 Å². The predicted molar refractivity (Wildman–Crippen MR) is 81.3 cm³/mol. The number of nitrogens with one attached hydrogen (secondary N) is 1. The summed E-state index contributed by atoms with van der Waals surface area (Å²) >= 11 is 0. The lowest BCUT2D eigenvalue weighted by molar-refractivity contribution is 0.0930. The van der Waals surface area contributed by atoms with Gasteiger partial charge in [0.1, 0.15) is 0 Å². The third kappa shape index (κ3) is 2.55. The molecule has 2 aromatic rings. The number of fused-ring (bicyclic) bond motifs is 1. The van der Waals surface area contributed by atoms with Crippen LogP contribution < -0.4 is 10.9 Å². The van der Waals surface area contributed by atoms with Crippen LogP contribution in [0.4, 0.5) is 0 Å². The van der Waals surface area contributed by atoms with Crippen LogP contribution in [0.1, 0.15) is 37.2 Å². The second kappa shape index (κ2) is 5.31. The molecule has 0 saturated heterocycles. The molecule has 1 fully saturated rings. The molecule has 1 unspecified atom stereocenters. The number of nitrogens with zero attached hydrogens (tertiary/aromatic N) is 2. The molecule has 1 heterocycles. The average Bonchev–Trinajstić information content (AvgIpc) is 3.32. The summed E-state index contributed by atoms with van der Waals surface area (Å²) in [4.78, 5) is 24.7. The van der Waals surface area contributed by atoms with Crippen molar-refractivity contribution < 1.29 is 4.79 Å². The summed E-state index contributed by atoms with van der Waals surface area (Å²) in [5.74, 6) is 0.380. The number of amides is 1. The molecule has 1 aliphatic carbocycles. The van der Waals surface area contributed by atoms with Crippen molar-refractivity contribution in [1.82, 2.24) is 15.1 Å². The monoisotopic (exact) mass is 285 g/mol. The molecule has 21 heavy (non-hydrogen) atoms. The topological polar surface area (TPSA) is 64.0 Å². The maximum Gasteiger partial charge on any atom is 0.274 e. The first-order valence-corrected chi connectivity index (χ1v) is 7.42. The van der Waals surface area contributed by atoms with Crippen molar-refractivity contribution in [2.45, 2.75) is 39.3 Å². The van der Waals surface area contributed by atoms with Crippen LogP contribution >= 0.6 is 0 Å². The summed E-state index contributed by atoms with van der Waals surface area (Å²) in [6, 6.07) is 7.30. The van der Waals surface area contributed by atoms with Crippen molar-refractivity contribution in [3.05, 3.63) is 40.3 Å². The Hall–Kier alpha value is -2.17. The molecule has 5 nitrogen and oxygen atoms in total.